The fourth-order valence-electron chi connectivity index (χ4n) is 1.28. The van der Waals surface area contributed by atoms with Crippen molar-refractivity contribution in [3.63, 3.8) is 0 Å². The van der Waals surface area contributed by atoms with E-state index >= 15 is 0 Å². The average Bonchev–Trinajstić information content (AvgIpc) is 2.30. The van der Waals surface area contributed by atoms with Gasteiger partial charge in [-0.25, -0.2) is 14.4 Å². The minimum Gasteiger partial charge on any atom is -0.391 e. The number of nitrogens with two attached hydrogens (primary N) is 1. The Morgan fingerprint density at radius 3 is 2.50 bits per heavy atom. The predicted molar refractivity (Wildman–Crippen MR) is 57.8 cm³/mol. The van der Waals surface area contributed by atoms with Crippen LogP contribution < -0.4 is 5.73 Å². The zero-order valence-corrected chi connectivity index (χ0v) is 8.39. The molecular weight excluding hydrogens is 209 g/mol. The van der Waals surface area contributed by atoms with Gasteiger partial charge in [0.2, 0.25) is 0 Å². The Labute approximate surface area is 91.6 Å². The Morgan fingerprint density at radius 1 is 1.25 bits per heavy atom. The van der Waals surface area contributed by atoms with Crippen molar-refractivity contribution in [2.75, 3.05) is 5.73 Å². The third-order valence-electron chi connectivity index (χ3n) is 2.17. The lowest BCUT2D eigenvalue weighted by Crippen LogP contribution is -2.01. The molecule has 82 valence electrons. The van der Waals surface area contributed by atoms with Crippen LogP contribution in [0, 0.1) is 5.82 Å². The molecule has 2 rings (SSSR count). The average molecular weight is 219 g/mol. The van der Waals surface area contributed by atoms with Gasteiger partial charge in [0.15, 0.2) is 5.82 Å². The van der Waals surface area contributed by atoms with Gasteiger partial charge in [0.25, 0.3) is 0 Å². The van der Waals surface area contributed by atoms with Crippen molar-refractivity contribution in [3.05, 3.63) is 41.8 Å². The molecule has 0 fully saturated rings. The lowest BCUT2D eigenvalue weighted by atomic mass is 10.2. The van der Waals surface area contributed by atoms with Gasteiger partial charge in [0, 0.05) is 17.3 Å². The van der Waals surface area contributed by atoms with E-state index in [9.17, 15) is 4.39 Å². The topological polar surface area (TPSA) is 72.0 Å². The van der Waals surface area contributed by atoms with Crippen LogP contribution in [0.2, 0.25) is 0 Å². The summed E-state index contributed by atoms with van der Waals surface area (Å²) < 4.78 is 12.7. The van der Waals surface area contributed by atoms with Gasteiger partial charge in [-0.15, -0.1) is 0 Å². The molecule has 2 aromatic rings. The Bertz CT molecular complexity index is 499. The lowest BCUT2D eigenvalue weighted by Gasteiger charge is -2.04. The van der Waals surface area contributed by atoms with Crippen molar-refractivity contribution >= 4 is 5.82 Å². The number of benzene rings is 1. The highest BCUT2D eigenvalue weighted by Crippen LogP contribution is 2.17. The number of nitrogen functional groups attached to an aromatic ring is 1. The predicted octanol–water partition coefficient (Wildman–Crippen LogP) is 1.36. The van der Waals surface area contributed by atoms with E-state index < -0.39 is 0 Å². The van der Waals surface area contributed by atoms with Crippen LogP contribution >= 0.6 is 0 Å². The van der Waals surface area contributed by atoms with E-state index in [0.717, 1.165) is 0 Å². The maximum absolute atomic E-state index is 12.7. The van der Waals surface area contributed by atoms with Crippen LogP contribution in [0.25, 0.3) is 11.4 Å². The summed E-state index contributed by atoms with van der Waals surface area (Å²) >= 11 is 0. The minimum atomic E-state index is -0.316. The summed E-state index contributed by atoms with van der Waals surface area (Å²) in [6.07, 6.45) is 1.46. The second-order valence-corrected chi connectivity index (χ2v) is 3.27. The van der Waals surface area contributed by atoms with E-state index in [1.54, 1.807) is 12.1 Å². The van der Waals surface area contributed by atoms with Gasteiger partial charge < -0.3 is 10.8 Å². The maximum Gasteiger partial charge on any atom is 0.161 e. The van der Waals surface area contributed by atoms with Crippen LogP contribution in [-0.2, 0) is 6.61 Å². The van der Waals surface area contributed by atoms with Crippen LogP contribution in [0.1, 0.15) is 5.56 Å². The van der Waals surface area contributed by atoms with Crippen molar-refractivity contribution in [2.45, 2.75) is 6.61 Å². The monoisotopic (exact) mass is 219 g/mol. The molecule has 0 aliphatic heterocycles. The Balaban J connectivity index is 2.41. The highest BCUT2D eigenvalue weighted by molar-refractivity contribution is 5.57. The van der Waals surface area contributed by atoms with Crippen molar-refractivity contribution in [2.24, 2.45) is 0 Å². The van der Waals surface area contributed by atoms with E-state index in [1.807, 2.05) is 0 Å². The maximum atomic E-state index is 12.7. The lowest BCUT2D eigenvalue weighted by molar-refractivity contribution is 0.281. The van der Waals surface area contributed by atoms with Gasteiger partial charge >= 0.3 is 0 Å². The smallest absolute Gasteiger partial charge is 0.161 e. The first-order valence-electron chi connectivity index (χ1n) is 4.69. The number of hydrogen-bond donors (Lipinski definition) is 2. The summed E-state index contributed by atoms with van der Waals surface area (Å²) in [4.78, 5) is 8.06. The summed E-state index contributed by atoms with van der Waals surface area (Å²) in [7, 11) is 0. The first-order chi connectivity index (χ1) is 7.70. The van der Waals surface area contributed by atoms with Crippen LogP contribution in [0.15, 0.2) is 30.5 Å². The van der Waals surface area contributed by atoms with E-state index in [4.69, 9.17) is 10.8 Å². The molecule has 0 amide bonds. The van der Waals surface area contributed by atoms with Crippen molar-refractivity contribution in [3.8, 4) is 11.4 Å². The molecule has 0 radical (unpaired) electrons. The first kappa shape index (κ1) is 10.5. The van der Waals surface area contributed by atoms with Crippen molar-refractivity contribution < 1.29 is 9.50 Å². The number of nitrogens with zero attached hydrogens (tertiary/aromatic N) is 2. The van der Waals surface area contributed by atoms with Gasteiger partial charge in [-0.05, 0) is 24.3 Å². The molecule has 3 N–H and O–H groups in total. The van der Waals surface area contributed by atoms with Gasteiger partial charge in [0.1, 0.15) is 11.6 Å². The Kier molecular flexibility index (Phi) is 2.78. The second kappa shape index (κ2) is 4.24. The first-order valence-corrected chi connectivity index (χ1v) is 4.69. The highest BCUT2D eigenvalue weighted by atomic mass is 19.1. The normalized spacial score (nSPS) is 10.4. The summed E-state index contributed by atoms with van der Waals surface area (Å²) in [5, 5.41) is 8.91. The fourth-order valence-corrected chi connectivity index (χ4v) is 1.28. The van der Waals surface area contributed by atoms with Crippen LogP contribution in [0.3, 0.4) is 0 Å². The molecule has 0 atom stereocenters. The molecule has 1 aromatic heterocycles. The molecular formula is C11H10FN3O. The molecule has 0 saturated heterocycles. The molecule has 1 aromatic carbocycles. The molecule has 1 heterocycles. The quantitative estimate of drug-likeness (QED) is 0.799. The molecule has 5 heteroatoms. The molecule has 0 unspecified atom stereocenters. The SMILES string of the molecule is Nc1nc(-c2ccc(F)cc2)ncc1CO. The fraction of sp³-hybridized carbons (Fsp3) is 0.0909. The second-order valence-electron chi connectivity index (χ2n) is 3.27. The number of hydrogen-bond acceptors (Lipinski definition) is 4. The Hall–Kier alpha value is -2.01. The zero-order valence-electron chi connectivity index (χ0n) is 8.39. The standard InChI is InChI=1S/C11H10FN3O/c12-9-3-1-7(2-4-9)11-14-5-8(6-16)10(13)15-11/h1-5,16H,6H2,(H2,13,14,15). The number of aromatic nitrogens is 2. The van der Waals surface area contributed by atoms with Crippen LogP contribution in [0.4, 0.5) is 10.2 Å². The van der Waals surface area contributed by atoms with E-state index in [-0.39, 0.29) is 18.2 Å². The molecule has 0 aliphatic carbocycles. The van der Waals surface area contributed by atoms with Crippen LogP contribution in [0.5, 0.6) is 0 Å². The summed E-state index contributed by atoms with van der Waals surface area (Å²) in [6.45, 7) is -0.199. The number of anilines is 1. The molecule has 0 saturated carbocycles. The van der Waals surface area contributed by atoms with E-state index in [0.29, 0.717) is 17.0 Å². The molecule has 0 bridgehead atoms. The molecule has 0 aliphatic rings. The van der Waals surface area contributed by atoms with Gasteiger partial charge in [-0.3, -0.25) is 0 Å². The molecule has 4 nitrogen and oxygen atoms in total. The summed E-state index contributed by atoms with van der Waals surface area (Å²) in [5.74, 6) is 0.329. The molecule has 0 spiro atoms. The molecule has 16 heavy (non-hydrogen) atoms. The number of aliphatic hydroxyl groups excluding tert-OH is 1. The third-order valence-corrected chi connectivity index (χ3v) is 2.17. The van der Waals surface area contributed by atoms with E-state index in [1.165, 1.54) is 18.3 Å². The third kappa shape index (κ3) is 1.99. The highest BCUT2D eigenvalue weighted by Gasteiger charge is 2.05. The van der Waals surface area contributed by atoms with Crippen molar-refractivity contribution in [1.29, 1.82) is 0 Å². The minimum absolute atomic E-state index is 0.199. The van der Waals surface area contributed by atoms with Gasteiger partial charge in [-0.2, -0.15) is 0 Å². The van der Waals surface area contributed by atoms with Gasteiger partial charge in [-0.1, -0.05) is 0 Å². The zero-order chi connectivity index (χ0) is 11.5. The number of rotatable bonds is 2. The summed E-state index contributed by atoms with van der Waals surface area (Å²) in [6, 6.07) is 5.80. The Morgan fingerprint density at radius 2 is 1.94 bits per heavy atom. The largest absolute Gasteiger partial charge is 0.391 e. The van der Waals surface area contributed by atoms with Crippen molar-refractivity contribution in [1.82, 2.24) is 9.97 Å². The van der Waals surface area contributed by atoms with Gasteiger partial charge in [0.05, 0.1) is 6.61 Å². The van der Waals surface area contributed by atoms with Crippen LogP contribution in [-0.4, -0.2) is 15.1 Å². The van der Waals surface area contributed by atoms with E-state index in [2.05, 4.69) is 9.97 Å². The number of halogens is 1. The number of aliphatic hydroxyl groups is 1. The summed E-state index contributed by atoms with van der Waals surface area (Å²) in [5.41, 5.74) is 6.77.